The summed E-state index contributed by atoms with van der Waals surface area (Å²) in [7, 11) is 0. The van der Waals surface area contributed by atoms with E-state index in [1.54, 1.807) is 0 Å². The molecular formula is C32H26O2. The number of rotatable bonds is 2. The van der Waals surface area contributed by atoms with Crippen LogP contribution in [0.2, 0.25) is 0 Å². The molecule has 9 rings (SSSR count). The van der Waals surface area contributed by atoms with Crippen LogP contribution in [0.25, 0.3) is 0 Å². The number of fused-ring (bicyclic) bond motifs is 16. The van der Waals surface area contributed by atoms with Gasteiger partial charge in [0.1, 0.15) is 17.3 Å². The van der Waals surface area contributed by atoms with Crippen molar-refractivity contribution in [3.05, 3.63) is 132 Å². The van der Waals surface area contributed by atoms with Crippen LogP contribution in [-0.4, -0.2) is 6.10 Å². The van der Waals surface area contributed by atoms with Crippen molar-refractivity contribution in [1.29, 1.82) is 0 Å². The summed E-state index contributed by atoms with van der Waals surface area (Å²) in [5, 5.41) is 0. The second kappa shape index (κ2) is 5.75. The Morgan fingerprint density at radius 3 is 1.91 bits per heavy atom. The maximum absolute atomic E-state index is 7.64. The smallest absolute Gasteiger partial charge is 0.124 e. The van der Waals surface area contributed by atoms with E-state index >= 15 is 0 Å². The van der Waals surface area contributed by atoms with Crippen LogP contribution in [-0.2, 0) is 20.7 Å². The van der Waals surface area contributed by atoms with Gasteiger partial charge in [0.2, 0.25) is 0 Å². The van der Waals surface area contributed by atoms with Gasteiger partial charge in [-0.2, -0.15) is 0 Å². The van der Waals surface area contributed by atoms with Gasteiger partial charge < -0.3 is 9.47 Å². The maximum Gasteiger partial charge on any atom is 0.124 e. The average molecular weight is 443 g/mol. The molecule has 0 aromatic heterocycles. The minimum absolute atomic E-state index is 0.132. The predicted octanol–water partition coefficient (Wildman–Crippen LogP) is 6.18. The molecular weight excluding hydrogens is 416 g/mol. The van der Waals surface area contributed by atoms with E-state index in [0.717, 1.165) is 0 Å². The van der Waals surface area contributed by atoms with Gasteiger partial charge in [-0.05, 0) is 46.6 Å². The summed E-state index contributed by atoms with van der Waals surface area (Å²) in [6, 6.07) is 31.2. The fourth-order valence-electron chi connectivity index (χ4n) is 9.26. The fourth-order valence-corrected chi connectivity index (χ4v) is 9.26. The fraction of sp³-hybridized carbons (Fsp3) is 0.312. The van der Waals surface area contributed by atoms with E-state index in [1.165, 1.54) is 28.7 Å². The van der Waals surface area contributed by atoms with Crippen LogP contribution < -0.4 is 0 Å². The van der Waals surface area contributed by atoms with Crippen molar-refractivity contribution in [2.45, 2.75) is 23.7 Å². The monoisotopic (exact) mass is 442 g/mol. The largest absolute Gasteiger partial charge is 0.497 e. The zero-order valence-corrected chi connectivity index (χ0v) is 18.9. The first kappa shape index (κ1) is 18.3. The Hall–Kier alpha value is -3.10. The summed E-state index contributed by atoms with van der Waals surface area (Å²) in [5.41, 5.74) is 4.62. The van der Waals surface area contributed by atoms with Gasteiger partial charge in [-0.3, -0.25) is 0 Å². The van der Waals surface area contributed by atoms with Gasteiger partial charge >= 0.3 is 0 Å². The van der Waals surface area contributed by atoms with Crippen LogP contribution in [0.3, 0.4) is 0 Å². The third kappa shape index (κ3) is 1.73. The standard InChI is InChI=1S/C32H26O2/c1-3-9-21(10-4-1)31-23-13-7-8-14-24(23)32(34-31,22-11-5-2-6-12-22)28-26-19-20(27(28)31)15-17-30(26)25-16-18-33-29(25)30/h1-18,20,25-29H,19H2/t20-,25-,26+,27+,28-,29+,30+,31-,32+/m1/s1. The number of ether oxygens (including phenoxy) is 2. The first-order chi connectivity index (χ1) is 16.8. The van der Waals surface area contributed by atoms with Gasteiger partial charge in [0, 0.05) is 23.2 Å². The normalized spacial score (nSPS) is 45.2. The van der Waals surface area contributed by atoms with Crippen molar-refractivity contribution >= 4 is 0 Å². The highest BCUT2D eigenvalue weighted by Gasteiger charge is 2.82. The summed E-state index contributed by atoms with van der Waals surface area (Å²) in [5.74, 6) is 2.41. The average Bonchev–Trinajstić information content (AvgIpc) is 3.42. The Bertz CT molecular complexity index is 1390. The van der Waals surface area contributed by atoms with Crippen LogP contribution in [0.15, 0.2) is 109 Å². The van der Waals surface area contributed by atoms with Gasteiger partial charge in [-0.25, -0.2) is 0 Å². The number of hydrogen-bond acceptors (Lipinski definition) is 2. The molecule has 6 aliphatic rings. The molecule has 0 N–H and O–H groups in total. The number of hydrogen-bond donors (Lipinski definition) is 0. The van der Waals surface area contributed by atoms with Gasteiger partial charge in [0.15, 0.2) is 0 Å². The molecule has 4 bridgehead atoms. The van der Waals surface area contributed by atoms with Gasteiger partial charge in [-0.15, -0.1) is 0 Å². The SMILES string of the molecule is C1=C[C@@H]2[C@H](O1)[C@@]21C=C[C@@H]2C[C@H]1[C@@H]1[C@H]2[C@]2(c3ccccc3)O[C@@]1(c1ccccc1)c1ccccc12. The minimum Gasteiger partial charge on any atom is -0.497 e. The lowest BCUT2D eigenvalue weighted by Crippen LogP contribution is -2.43. The molecule has 0 unspecified atom stereocenters. The molecule has 3 heterocycles. The lowest BCUT2D eigenvalue weighted by molar-refractivity contribution is -0.0748. The summed E-state index contributed by atoms with van der Waals surface area (Å²) in [4.78, 5) is 0. The third-order valence-electron chi connectivity index (χ3n) is 10.3. The molecule has 3 aliphatic carbocycles. The number of benzene rings is 3. The Morgan fingerprint density at radius 1 is 0.676 bits per heavy atom. The zero-order valence-electron chi connectivity index (χ0n) is 18.9. The van der Waals surface area contributed by atoms with E-state index in [2.05, 4.69) is 103 Å². The van der Waals surface area contributed by atoms with Crippen molar-refractivity contribution in [1.82, 2.24) is 0 Å². The minimum atomic E-state index is -0.433. The Kier molecular flexibility index (Phi) is 3.09. The van der Waals surface area contributed by atoms with E-state index in [4.69, 9.17) is 9.47 Å². The molecule has 0 amide bonds. The molecule has 1 spiro atoms. The molecule has 3 aromatic rings. The van der Waals surface area contributed by atoms with Crippen LogP contribution in [0.1, 0.15) is 28.7 Å². The summed E-state index contributed by atoms with van der Waals surface area (Å²) in [6.45, 7) is 0. The topological polar surface area (TPSA) is 18.5 Å². The molecule has 2 nitrogen and oxygen atoms in total. The second-order valence-electron chi connectivity index (χ2n) is 11.2. The van der Waals surface area contributed by atoms with E-state index in [9.17, 15) is 0 Å². The van der Waals surface area contributed by atoms with Gasteiger partial charge in [0.25, 0.3) is 0 Å². The molecule has 2 saturated carbocycles. The quantitative estimate of drug-likeness (QED) is 0.441. The van der Waals surface area contributed by atoms with E-state index in [0.29, 0.717) is 35.7 Å². The summed E-state index contributed by atoms with van der Waals surface area (Å²) < 4.78 is 13.8. The highest BCUT2D eigenvalue weighted by atomic mass is 16.5. The zero-order chi connectivity index (χ0) is 22.1. The lowest BCUT2D eigenvalue weighted by Gasteiger charge is -2.41. The van der Waals surface area contributed by atoms with Crippen molar-refractivity contribution < 1.29 is 9.47 Å². The van der Waals surface area contributed by atoms with Crippen LogP contribution in [0.5, 0.6) is 0 Å². The Labute approximate surface area is 199 Å². The van der Waals surface area contributed by atoms with Crippen molar-refractivity contribution in [2.75, 3.05) is 0 Å². The Balaban J connectivity index is 1.37. The molecule has 34 heavy (non-hydrogen) atoms. The molecule has 2 heteroatoms. The number of allylic oxidation sites excluding steroid dienone is 1. The van der Waals surface area contributed by atoms with Crippen molar-refractivity contribution in [2.24, 2.45) is 35.0 Å². The van der Waals surface area contributed by atoms with E-state index < -0.39 is 11.2 Å². The highest BCUT2D eigenvalue weighted by molar-refractivity contribution is 5.59. The highest BCUT2D eigenvalue weighted by Crippen LogP contribution is 2.81. The van der Waals surface area contributed by atoms with E-state index in [-0.39, 0.29) is 5.41 Å². The summed E-state index contributed by atoms with van der Waals surface area (Å²) >= 11 is 0. The maximum atomic E-state index is 7.64. The first-order valence-electron chi connectivity index (χ1n) is 12.7. The molecule has 166 valence electrons. The van der Waals surface area contributed by atoms with Crippen molar-refractivity contribution in [3.63, 3.8) is 0 Å². The van der Waals surface area contributed by atoms with Crippen LogP contribution in [0.4, 0.5) is 0 Å². The van der Waals surface area contributed by atoms with Crippen LogP contribution >= 0.6 is 0 Å². The molecule has 3 fully saturated rings. The van der Waals surface area contributed by atoms with Gasteiger partial charge in [-0.1, -0.05) is 97.1 Å². The van der Waals surface area contributed by atoms with E-state index in [1.807, 2.05) is 6.26 Å². The molecule has 1 saturated heterocycles. The van der Waals surface area contributed by atoms with Gasteiger partial charge in [0.05, 0.1) is 6.26 Å². The molecule has 3 aliphatic heterocycles. The summed E-state index contributed by atoms with van der Waals surface area (Å²) in [6.07, 6.45) is 10.9. The first-order valence-corrected chi connectivity index (χ1v) is 12.7. The third-order valence-corrected chi connectivity index (χ3v) is 10.3. The lowest BCUT2D eigenvalue weighted by atomic mass is 9.58. The Morgan fingerprint density at radius 2 is 1.29 bits per heavy atom. The molecule has 3 aromatic carbocycles. The van der Waals surface area contributed by atoms with Crippen LogP contribution in [0, 0.1) is 35.0 Å². The molecule has 0 radical (unpaired) electrons. The molecule has 9 atom stereocenters. The van der Waals surface area contributed by atoms with Crippen molar-refractivity contribution in [3.8, 4) is 0 Å². The second-order valence-corrected chi connectivity index (χ2v) is 11.2. The predicted molar refractivity (Wildman–Crippen MR) is 130 cm³/mol.